The average Bonchev–Trinajstić information content (AvgIpc) is 3.48. The summed E-state index contributed by atoms with van der Waals surface area (Å²) in [6.07, 6.45) is 3.02. The largest absolute Gasteiger partial charge is 0.423 e. The van der Waals surface area contributed by atoms with E-state index in [9.17, 15) is 9.18 Å². The highest BCUT2D eigenvalue weighted by molar-refractivity contribution is 5.79. The second-order valence-electron chi connectivity index (χ2n) is 7.67. The first-order valence-electron chi connectivity index (χ1n) is 9.83. The minimum absolute atomic E-state index is 0.151. The number of carbonyl (C=O) groups excluding carboxylic acids is 1. The van der Waals surface area contributed by atoms with Gasteiger partial charge in [0.05, 0.1) is 6.42 Å². The number of halogens is 1. The van der Waals surface area contributed by atoms with Crippen molar-refractivity contribution in [3.05, 3.63) is 59.4 Å². The van der Waals surface area contributed by atoms with Crippen molar-refractivity contribution in [2.24, 2.45) is 0 Å². The third-order valence-corrected chi connectivity index (χ3v) is 5.63. The number of hydrogen-bond donors (Lipinski definition) is 0. The van der Waals surface area contributed by atoms with Crippen molar-refractivity contribution in [1.82, 2.24) is 9.88 Å². The predicted octanol–water partition coefficient (Wildman–Crippen LogP) is 3.74. The van der Waals surface area contributed by atoms with E-state index in [1.165, 1.54) is 30.5 Å². The SMILES string of the molecule is O=C(Cc1ccc(C2CC2)cc1)N1CCN(c2nc3ccc(F)cc3o2)CC1. The third-order valence-electron chi connectivity index (χ3n) is 5.63. The van der Waals surface area contributed by atoms with Crippen molar-refractivity contribution in [3.63, 3.8) is 0 Å². The summed E-state index contributed by atoms with van der Waals surface area (Å²) in [6.45, 7) is 2.57. The molecule has 2 fully saturated rings. The Morgan fingerprint density at radius 1 is 1.07 bits per heavy atom. The zero-order valence-corrected chi connectivity index (χ0v) is 15.6. The molecule has 2 aliphatic rings. The van der Waals surface area contributed by atoms with E-state index in [1.54, 1.807) is 6.07 Å². The maximum absolute atomic E-state index is 13.3. The van der Waals surface area contributed by atoms with E-state index >= 15 is 0 Å². The van der Waals surface area contributed by atoms with Crippen LogP contribution < -0.4 is 4.90 Å². The van der Waals surface area contributed by atoms with Crippen LogP contribution in [0.1, 0.15) is 29.9 Å². The Kier molecular flexibility index (Phi) is 4.26. The highest BCUT2D eigenvalue weighted by Crippen LogP contribution is 2.39. The van der Waals surface area contributed by atoms with E-state index in [0.717, 1.165) is 11.5 Å². The maximum Gasteiger partial charge on any atom is 0.298 e. The molecule has 3 aromatic rings. The molecule has 0 spiro atoms. The molecule has 0 atom stereocenters. The fourth-order valence-corrected chi connectivity index (χ4v) is 3.78. The van der Waals surface area contributed by atoms with Gasteiger partial charge in [-0.1, -0.05) is 24.3 Å². The zero-order chi connectivity index (χ0) is 19.1. The lowest BCUT2D eigenvalue weighted by Crippen LogP contribution is -2.49. The highest BCUT2D eigenvalue weighted by Gasteiger charge is 2.25. The molecule has 28 heavy (non-hydrogen) atoms. The molecule has 1 saturated heterocycles. The molecule has 1 aromatic heterocycles. The second kappa shape index (κ2) is 6.93. The van der Waals surface area contributed by atoms with Gasteiger partial charge in [-0.2, -0.15) is 4.98 Å². The van der Waals surface area contributed by atoms with Gasteiger partial charge in [0, 0.05) is 32.2 Å². The Balaban J connectivity index is 1.19. The maximum atomic E-state index is 13.3. The van der Waals surface area contributed by atoms with Crippen molar-refractivity contribution < 1.29 is 13.6 Å². The second-order valence-corrected chi connectivity index (χ2v) is 7.67. The fraction of sp³-hybridized carbons (Fsp3) is 0.364. The van der Waals surface area contributed by atoms with Crippen LogP contribution >= 0.6 is 0 Å². The van der Waals surface area contributed by atoms with Gasteiger partial charge in [-0.15, -0.1) is 0 Å². The molecule has 144 valence electrons. The highest BCUT2D eigenvalue weighted by atomic mass is 19.1. The first-order valence-corrected chi connectivity index (χ1v) is 9.83. The molecule has 5 rings (SSSR count). The van der Waals surface area contributed by atoms with Crippen LogP contribution in [0.5, 0.6) is 0 Å². The van der Waals surface area contributed by atoms with Crippen LogP contribution in [-0.2, 0) is 11.2 Å². The van der Waals surface area contributed by atoms with Gasteiger partial charge in [0.2, 0.25) is 5.91 Å². The standard InChI is InChI=1S/C22H22FN3O2/c23-18-7-8-19-20(14-18)28-22(24-19)26-11-9-25(10-12-26)21(27)13-15-1-3-16(4-2-15)17-5-6-17/h1-4,7-8,14,17H,5-6,9-13H2. The van der Waals surface area contributed by atoms with E-state index in [1.807, 2.05) is 9.80 Å². The molecular formula is C22H22FN3O2. The molecule has 6 heteroatoms. The molecule has 0 unspecified atom stereocenters. The number of rotatable bonds is 4. The quantitative estimate of drug-likeness (QED) is 0.693. The van der Waals surface area contributed by atoms with Crippen molar-refractivity contribution in [2.45, 2.75) is 25.2 Å². The van der Waals surface area contributed by atoms with Crippen LogP contribution in [0.3, 0.4) is 0 Å². The molecule has 2 heterocycles. The molecule has 2 aromatic carbocycles. The number of amides is 1. The normalized spacial score (nSPS) is 17.3. The van der Waals surface area contributed by atoms with E-state index < -0.39 is 0 Å². The summed E-state index contributed by atoms with van der Waals surface area (Å²) in [4.78, 5) is 21.0. The summed E-state index contributed by atoms with van der Waals surface area (Å²) in [6, 6.07) is 13.3. The van der Waals surface area contributed by atoms with Gasteiger partial charge in [-0.05, 0) is 42.0 Å². The van der Waals surface area contributed by atoms with E-state index in [4.69, 9.17) is 4.42 Å². The summed E-state index contributed by atoms with van der Waals surface area (Å²) < 4.78 is 19.0. The summed E-state index contributed by atoms with van der Waals surface area (Å²) in [5.74, 6) is 0.551. The van der Waals surface area contributed by atoms with Crippen LogP contribution in [0.25, 0.3) is 11.1 Å². The number of carbonyl (C=O) groups is 1. The topological polar surface area (TPSA) is 49.6 Å². The fourth-order valence-electron chi connectivity index (χ4n) is 3.78. The van der Waals surface area contributed by atoms with Gasteiger partial charge in [-0.25, -0.2) is 4.39 Å². The number of fused-ring (bicyclic) bond motifs is 1. The van der Waals surface area contributed by atoms with Crippen LogP contribution in [0, 0.1) is 5.82 Å². The van der Waals surface area contributed by atoms with Gasteiger partial charge in [0.1, 0.15) is 11.3 Å². The van der Waals surface area contributed by atoms with Crippen molar-refractivity contribution in [1.29, 1.82) is 0 Å². The first-order chi connectivity index (χ1) is 13.7. The number of oxazole rings is 1. The number of anilines is 1. The summed E-state index contributed by atoms with van der Waals surface area (Å²) >= 11 is 0. The monoisotopic (exact) mass is 379 g/mol. The summed E-state index contributed by atoms with van der Waals surface area (Å²) in [7, 11) is 0. The average molecular weight is 379 g/mol. The summed E-state index contributed by atoms with van der Waals surface area (Å²) in [5.41, 5.74) is 3.55. The molecule has 1 aliphatic heterocycles. The number of piperazine rings is 1. The smallest absolute Gasteiger partial charge is 0.298 e. The Labute approximate surface area is 162 Å². The molecule has 5 nitrogen and oxygen atoms in total. The molecule has 1 amide bonds. The lowest BCUT2D eigenvalue weighted by atomic mass is 10.1. The zero-order valence-electron chi connectivity index (χ0n) is 15.6. The number of benzene rings is 2. The number of hydrogen-bond acceptors (Lipinski definition) is 4. The molecule has 0 bridgehead atoms. The third kappa shape index (κ3) is 3.46. The first kappa shape index (κ1) is 17.2. The van der Waals surface area contributed by atoms with Gasteiger partial charge < -0.3 is 14.2 Å². The van der Waals surface area contributed by atoms with E-state index in [0.29, 0.717) is 49.7 Å². The van der Waals surface area contributed by atoms with E-state index in [-0.39, 0.29) is 11.7 Å². The summed E-state index contributed by atoms with van der Waals surface area (Å²) in [5, 5.41) is 0. The molecule has 1 aliphatic carbocycles. The minimum atomic E-state index is -0.337. The van der Waals surface area contributed by atoms with Crippen LogP contribution in [0.4, 0.5) is 10.4 Å². The van der Waals surface area contributed by atoms with Crippen molar-refractivity contribution in [2.75, 3.05) is 31.1 Å². The molecular weight excluding hydrogens is 357 g/mol. The van der Waals surface area contributed by atoms with Crippen molar-refractivity contribution >= 4 is 23.0 Å². The van der Waals surface area contributed by atoms with Gasteiger partial charge in [-0.3, -0.25) is 4.79 Å². The van der Waals surface area contributed by atoms with Gasteiger partial charge in [0.25, 0.3) is 6.01 Å². The lowest BCUT2D eigenvalue weighted by molar-refractivity contribution is -0.130. The number of nitrogens with zero attached hydrogens (tertiary/aromatic N) is 3. The predicted molar refractivity (Wildman–Crippen MR) is 105 cm³/mol. The van der Waals surface area contributed by atoms with Gasteiger partial charge in [0.15, 0.2) is 5.58 Å². The molecule has 1 saturated carbocycles. The Morgan fingerprint density at radius 3 is 2.54 bits per heavy atom. The Bertz CT molecular complexity index is 1000. The molecule has 0 radical (unpaired) electrons. The lowest BCUT2D eigenvalue weighted by Gasteiger charge is -2.33. The van der Waals surface area contributed by atoms with Crippen molar-refractivity contribution in [3.8, 4) is 0 Å². The van der Waals surface area contributed by atoms with Gasteiger partial charge >= 0.3 is 0 Å². The van der Waals surface area contributed by atoms with Crippen LogP contribution in [-0.4, -0.2) is 42.0 Å². The van der Waals surface area contributed by atoms with Crippen LogP contribution in [0.15, 0.2) is 46.9 Å². The van der Waals surface area contributed by atoms with E-state index in [2.05, 4.69) is 29.2 Å². The Hall–Kier alpha value is -2.89. The Morgan fingerprint density at radius 2 is 1.82 bits per heavy atom. The van der Waals surface area contributed by atoms with Crippen LogP contribution in [0.2, 0.25) is 0 Å². The number of aromatic nitrogens is 1. The minimum Gasteiger partial charge on any atom is -0.423 e. The molecule has 0 N–H and O–H groups in total.